The van der Waals surface area contributed by atoms with Gasteiger partial charge in [-0.2, -0.15) is 0 Å². The summed E-state index contributed by atoms with van der Waals surface area (Å²) < 4.78 is -1.06. The zero-order valence-electron chi connectivity index (χ0n) is 12.4. The number of fused-ring (bicyclic) bond motifs is 1. The number of thioether (sulfide) groups is 1. The van der Waals surface area contributed by atoms with E-state index in [0.717, 1.165) is 36.5 Å². The van der Waals surface area contributed by atoms with Crippen LogP contribution in [-0.4, -0.2) is 34.6 Å². The lowest BCUT2D eigenvalue weighted by molar-refractivity contribution is -0.139. The monoisotopic (exact) mass is 304 g/mol. The standard InChI is InChI=1S/C16H20N2O2S/c1-11-6-5-9-18(10-11)15(20)16(2)14(19)17-12-7-3-4-8-13(12)21-16/h3-4,7-8,11H,5-6,9-10H2,1-2H3,(H,17,19). The third-order valence-corrected chi connectivity index (χ3v) is 5.58. The van der Waals surface area contributed by atoms with E-state index >= 15 is 0 Å². The highest BCUT2D eigenvalue weighted by Gasteiger charge is 2.48. The molecule has 2 amide bonds. The molecular weight excluding hydrogens is 284 g/mol. The van der Waals surface area contributed by atoms with E-state index in [1.807, 2.05) is 29.2 Å². The molecule has 21 heavy (non-hydrogen) atoms. The number of nitrogens with zero attached hydrogens (tertiary/aromatic N) is 1. The number of piperidine rings is 1. The highest BCUT2D eigenvalue weighted by atomic mass is 32.2. The minimum absolute atomic E-state index is 0.0638. The summed E-state index contributed by atoms with van der Waals surface area (Å²) in [6.45, 7) is 5.41. The number of carbonyl (C=O) groups is 2. The number of carbonyl (C=O) groups excluding carboxylic acids is 2. The number of para-hydroxylation sites is 1. The van der Waals surface area contributed by atoms with Crippen LogP contribution in [0.1, 0.15) is 26.7 Å². The van der Waals surface area contributed by atoms with Gasteiger partial charge >= 0.3 is 0 Å². The van der Waals surface area contributed by atoms with Crippen LogP contribution in [0.2, 0.25) is 0 Å². The summed E-state index contributed by atoms with van der Waals surface area (Å²) in [6, 6.07) is 7.63. The minimum Gasteiger partial charge on any atom is -0.341 e. The Morgan fingerprint density at radius 1 is 1.43 bits per heavy atom. The van der Waals surface area contributed by atoms with Gasteiger partial charge in [-0.25, -0.2) is 0 Å². The van der Waals surface area contributed by atoms with Crippen molar-refractivity contribution in [1.82, 2.24) is 4.90 Å². The largest absolute Gasteiger partial charge is 0.341 e. The lowest BCUT2D eigenvalue weighted by atomic mass is 9.98. The summed E-state index contributed by atoms with van der Waals surface area (Å²) in [5, 5.41) is 2.87. The molecule has 112 valence electrons. The molecule has 3 rings (SSSR count). The number of benzene rings is 1. The Hall–Kier alpha value is -1.49. The normalized spacial score (nSPS) is 28.8. The van der Waals surface area contributed by atoms with Crippen LogP contribution in [0.4, 0.5) is 5.69 Å². The molecule has 2 atom stereocenters. The summed E-state index contributed by atoms with van der Waals surface area (Å²) in [6.07, 6.45) is 2.18. The quantitative estimate of drug-likeness (QED) is 0.812. The van der Waals surface area contributed by atoms with Crippen LogP contribution in [0.15, 0.2) is 29.2 Å². The predicted octanol–water partition coefficient (Wildman–Crippen LogP) is 2.75. The van der Waals surface area contributed by atoms with E-state index < -0.39 is 4.75 Å². The Bertz CT molecular complexity index is 589. The summed E-state index contributed by atoms with van der Waals surface area (Å²) in [5.41, 5.74) is 0.796. The molecule has 1 fully saturated rings. The summed E-state index contributed by atoms with van der Waals surface area (Å²) in [7, 11) is 0. The van der Waals surface area contributed by atoms with E-state index in [1.54, 1.807) is 6.92 Å². The molecule has 0 aromatic heterocycles. The van der Waals surface area contributed by atoms with E-state index in [9.17, 15) is 9.59 Å². The van der Waals surface area contributed by atoms with Crippen LogP contribution < -0.4 is 5.32 Å². The number of hydrogen-bond acceptors (Lipinski definition) is 3. The Morgan fingerprint density at radius 3 is 2.95 bits per heavy atom. The van der Waals surface area contributed by atoms with E-state index in [2.05, 4.69) is 12.2 Å². The van der Waals surface area contributed by atoms with Gasteiger partial charge in [-0.05, 0) is 37.8 Å². The second-order valence-corrected chi connectivity index (χ2v) is 7.54. The van der Waals surface area contributed by atoms with Crippen LogP contribution in [0.3, 0.4) is 0 Å². The molecule has 0 bridgehead atoms. The Balaban J connectivity index is 1.86. The lowest BCUT2D eigenvalue weighted by Gasteiger charge is -2.39. The molecule has 1 aromatic carbocycles. The molecule has 0 aliphatic carbocycles. The number of nitrogens with one attached hydrogen (secondary N) is 1. The van der Waals surface area contributed by atoms with Crippen molar-refractivity contribution in [3.63, 3.8) is 0 Å². The van der Waals surface area contributed by atoms with Gasteiger partial charge in [0, 0.05) is 18.0 Å². The van der Waals surface area contributed by atoms with Crippen molar-refractivity contribution < 1.29 is 9.59 Å². The SMILES string of the molecule is CC1CCCN(C(=O)C2(C)Sc3ccccc3NC2=O)C1. The van der Waals surface area contributed by atoms with Gasteiger partial charge < -0.3 is 10.2 Å². The number of amides is 2. The summed E-state index contributed by atoms with van der Waals surface area (Å²) >= 11 is 1.37. The van der Waals surface area contributed by atoms with Gasteiger partial charge in [0.05, 0.1) is 5.69 Å². The highest BCUT2D eigenvalue weighted by Crippen LogP contribution is 2.43. The molecule has 2 unspecified atom stereocenters. The average molecular weight is 304 g/mol. The topological polar surface area (TPSA) is 49.4 Å². The van der Waals surface area contributed by atoms with Crippen LogP contribution in [0.5, 0.6) is 0 Å². The first-order valence-electron chi connectivity index (χ1n) is 7.39. The molecular formula is C16H20N2O2S. The molecule has 0 saturated carbocycles. The van der Waals surface area contributed by atoms with E-state index in [1.165, 1.54) is 11.8 Å². The highest BCUT2D eigenvalue weighted by molar-refractivity contribution is 8.02. The van der Waals surface area contributed by atoms with Gasteiger partial charge in [-0.15, -0.1) is 0 Å². The molecule has 5 heteroatoms. The van der Waals surface area contributed by atoms with Crippen molar-refractivity contribution >= 4 is 29.3 Å². The second kappa shape index (κ2) is 5.37. The van der Waals surface area contributed by atoms with Crippen molar-refractivity contribution in [3.05, 3.63) is 24.3 Å². The zero-order valence-corrected chi connectivity index (χ0v) is 13.2. The van der Waals surface area contributed by atoms with Crippen molar-refractivity contribution in [3.8, 4) is 0 Å². The zero-order chi connectivity index (χ0) is 15.0. The Morgan fingerprint density at radius 2 is 2.19 bits per heavy atom. The molecule has 2 aliphatic heterocycles. The third-order valence-electron chi connectivity index (χ3n) is 4.23. The van der Waals surface area contributed by atoms with Gasteiger partial charge in [0.2, 0.25) is 11.8 Å². The van der Waals surface area contributed by atoms with Gasteiger partial charge in [0.25, 0.3) is 0 Å². The molecule has 0 radical (unpaired) electrons. The molecule has 1 N–H and O–H groups in total. The molecule has 0 spiro atoms. The maximum absolute atomic E-state index is 12.9. The third kappa shape index (κ3) is 2.55. The van der Waals surface area contributed by atoms with Gasteiger partial charge in [-0.1, -0.05) is 30.8 Å². The first kappa shape index (κ1) is 14.4. The number of hydrogen-bond donors (Lipinski definition) is 1. The second-order valence-electron chi connectivity index (χ2n) is 6.08. The molecule has 2 heterocycles. The van der Waals surface area contributed by atoms with Crippen LogP contribution >= 0.6 is 11.8 Å². The maximum Gasteiger partial charge on any atom is 0.250 e. The Kier molecular flexibility index (Phi) is 3.69. The van der Waals surface area contributed by atoms with Crippen molar-refractivity contribution in [2.24, 2.45) is 5.92 Å². The minimum atomic E-state index is -1.06. The average Bonchev–Trinajstić information content (AvgIpc) is 2.47. The van der Waals surface area contributed by atoms with E-state index in [-0.39, 0.29) is 11.8 Å². The van der Waals surface area contributed by atoms with Crippen LogP contribution in [0, 0.1) is 5.92 Å². The number of likely N-dealkylation sites (tertiary alicyclic amines) is 1. The molecule has 1 aromatic rings. The van der Waals surface area contributed by atoms with E-state index in [0.29, 0.717) is 5.92 Å². The van der Waals surface area contributed by atoms with Gasteiger partial charge in [0.1, 0.15) is 0 Å². The Labute approximate surface area is 129 Å². The fraction of sp³-hybridized carbons (Fsp3) is 0.500. The predicted molar refractivity (Wildman–Crippen MR) is 84.3 cm³/mol. The summed E-state index contributed by atoms with van der Waals surface area (Å²) in [5.74, 6) is 0.232. The fourth-order valence-corrected chi connectivity index (χ4v) is 4.16. The smallest absolute Gasteiger partial charge is 0.250 e. The summed E-state index contributed by atoms with van der Waals surface area (Å²) in [4.78, 5) is 28.2. The molecule has 4 nitrogen and oxygen atoms in total. The maximum atomic E-state index is 12.9. The van der Waals surface area contributed by atoms with Crippen molar-refractivity contribution in [2.45, 2.75) is 36.3 Å². The lowest BCUT2D eigenvalue weighted by Crippen LogP contribution is -2.55. The molecule has 2 aliphatic rings. The van der Waals surface area contributed by atoms with E-state index in [4.69, 9.17) is 0 Å². The number of rotatable bonds is 1. The first-order chi connectivity index (χ1) is 10.0. The van der Waals surface area contributed by atoms with Gasteiger partial charge in [-0.3, -0.25) is 9.59 Å². The fourth-order valence-electron chi connectivity index (χ4n) is 2.98. The van der Waals surface area contributed by atoms with Gasteiger partial charge in [0.15, 0.2) is 4.75 Å². The first-order valence-corrected chi connectivity index (χ1v) is 8.21. The van der Waals surface area contributed by atoms with Crippen LogP contribution in [0.25, 0.3) is 0 Å². The molecule has 1 saturated heterocycles. The van der Waals surface area contributed by atoms with Crippen molar-refractivity contribution in [1.29, 1.82) is 0 Å². The van der Waals surface area contributed by atoms with Crippen molar-refractivity contribution in [2.75, 3.05) is 18.4 Å². The number of anilines is 1. The van der Waals surface area contributed by atoms with Crippen LogP contribution in [-0.2, 0) is 9.59 Å².